The molecule has 0 aliphatic heterocycles. The van der Waals surface area contributed by atoms with Gasteiger partial charge in [0, 0.05) is 34.4 Å². The molecule has 0 unspecified atom stereocenters. The molecule has 0 aliphatic carbocycles. The number of halogens is 1. The van der Waals surface area contributed by atoms with E-state index in [0.29, 0.717) is 17.4 Å². The molecule has 0 saturated carbocycles. The number of nitrogens with zero attached hydrogens (tertiary/aromatic N) is 3. The third kappa shape index (κ3) is 16.8. The van der Waals surface area contributed by atoms with Gasteiger partial charge in [0.25, 0.3) is 0 Å². The number of aromatic nitrogens is 3. The van der Waals surface area contributed by atoms with Crippen molar-refractivity contribution < 1.29 is 36.4 Å². The van der Waals surface area contributed by atoms with Crippen molar-refractivity contribution in [2.24, 2.45) is 0 Å². The topological polar surface area (TPSA) is 200 Å². The van der Waals surface area contributed by atoms with Crippen LogP contribution in [0.5, 0.6) is 0 Å². The number of alkyl halides is 1. The molecule has 21 heteroatoms. The Bertz CT molecular complexity index is 2570. The van der Waals surface area contributed by atoms with Crippen molar-refractivity contribution in [2.45, 2.75) is 147 Å². The van der Waals surface area contributed by atoms with E-state index in [9.17, 15) is 22.8 Å². The lowest BCUT2D eigenvalue weighted by Gasteiger charge is -2.22. The van der Waals surface area contributed by atoms with Crippen molar-refractivity contribution in [3.05, 3.63) is 88.0 Å². The zero-order valence-corrected chi connectivity index (χ0v) is 46.5. The molecule has 0 spiro atoms. The SMILES string of the molecule is CC(C)(Br)C(=O)Nc1cc(C(C)(C)C)on1.CC(C)(C)c1cc(NC(=O)C(C)(C)S(=O)(=O)c2cccs2)no1.CC(C)(Sc1cccs1)C(=O)Nc1cc(C(C)(C)C)on1.Sc1cccs1. The number of carbonyl (C=O) groups excluding carboxylic acids is 3. The van der Waals surface area contributed by atoms with Crippen LogP contribution < -0.4 is 16.0 Å². The van der Waals surface area contributed by atoms with Crippen LogP contribution in [0.25, 0.3) is 0 Å². The molecule has 0 fully saturated rings. The first-order valence-corrected chi connectivity index (χ1v) is 26.6. The summed E-state index contributed by atoms with van der Waals surface area (Å²) >= 11 is 13.2. The average Bonchev–Trinajstić information content (AvgIpc) is 4.03. The molecule has 14 nitrogen and oxygen atoms in total. The molecule has 0 radical (unpaired) electrons. The highest BCUT2D eigenvalue weighted by atomic mass is 79.9. The van der Waals surface area contributed by atoms with Crippen LogP contribution in [0.2, 0.25) is 0 Å². The van der Waals surface area contributed by atoms with E-state index in [4.69, 9.17) is 13.6 Å². The van der Waals surface area contributed by atoms with E-state index in [2.05, 4.69) is 60.0 Å². The minimum Gasteiger partial charge on any atom is -0.359 e. The molecule has 3 amide bonds. The Morgan fingerprint density at radius 2 is 0.985 bits per heavy atom. The van der Waals surface area contributed by atoms with Crippen molar-refractivity contribution in [3.63, 3.8) is 0 Å². The summed E-state index contributed by atoms with van der Waals surface area (Å²) in [6, 6.07) is 16.2. The molecule has 6 rings (SSSR count). The molecule has 0 bridgehead atoms. The predicted molar refractivity (Wildman–Crippen MR) is 276 cm³/mol. The Labute approximate surface area is 418 Å². The zero-order valence-electron chi connectivity index (χ0n) is 39.9. The number of amides is 3. The minimum absolute atomic E-state index is 0.0883. The van der Waals surface area contributed by atoms with Gasteiger partial charge in [-0.2, -0.15) is 0 Å². The van der Waals surface area contributed by atoms with Gasteiger partial charge in [0.15, 0.2) is 22.2 Å². The highest BCUT2D eigenvalue weighted by molar-refractivity contribution is 9.10. The van der Waals surface area contributed by atoms with E-state index >= 15 is 0 Å². The van der Waals surface area contributed by atoms with Crippen LogP contribution >= 0.6 is 74.3 Å². The lowest BCUT2D eigenvalue weighted by Crippen LogP contribution is -2.44. The van der Waals surface area contributed by atoms with Crippen molar-refractivity contribution in [1.29, 1.82) is 0 Å². The second-order valence-corrected chi connectivity index (χ2v) is 29.5. The molecule has 3 N–H and O–H groups in total. The number of thioether (sulfide) groups is 1. The molecule has 0 aliphatic rings. The number of carbonyl (C=O) groups is 3. The van der Waals surface area contributed by atoms with Gasteiger partial charge in [-0.3, -0.25) is 14.4 Å². The number of rotatable bonds is 10. The van der Waals surface area contributed by atoms with Crippen LogP contribution in [-0.4, -0.2) is 55.4 Å². The molecule has 6 aromatic heterocycles. The number of hydrogen-bond donors (Lipinski definition) is 4. The Morgan fingerprint density at radius 3 is 1.30 bits per heavy atom. The number of nitrogens with one attached hydrogen (secondary N) is 3. The molecule has 0 atom stereocenters. The quantitative estimate of drug-likeness (QED) is 0.0576. The molecular weight excluding hydrogens is 1020 g/mol. The van der Waals surface area contributed by atoms with Gasteiger partial charge < -0.3 is 29.5 Å². The van der Waals surface area contributed by atoms with E-state index in [0.717, 1.165) is 31.3 Å². The summed E-state index contributed by atoms with van der Waals surface area (Å²) in [5.74, 6) is 2.32. The highest BCUT2D eigenvalue weighted by Crippen LogP contribution is 2.37. The van der Waals surface area contributed by atoms with Crippen LogP contribution in [0.4, 0.5) is 17.5 Å². The minimum atomic E-state index is -3.79. The number of thiol groups is 1. The molecule has 66 heavy (non-hydrogen) atoms. The number of thiophene rings is 3. The summed E-state index contributed by atoms with van der Waals surface area (Å²) in [6.45, 7) is 28.1. The molecular formula is C45H61BrN6O8S6. The Kier molecular flexibility index (Phi) is 19.4. The fourth-order valence-electron chi connectivity index (χ4n) is 4.54. The Morgan fingerprint density at radius 1 is 0.591 bits per heavy atom. The summed E-state index contributed by atoms with van der Waals surface area (Å²) in [4.78, 5) is 36.5. The summed E-state index contributed by atoms with van der Waals surface area (Å²) in [6.07, 6.45) is 0. The van der Waals surface area contributed by atoms with Gasteiger partial charge in [-0.15, -0.1) is 46.6 Å². The van der Waals surface area contributed by atoms with Gasteiger partial charge in [0.05, 0.1) is 17.5 Å². The molecule has 6 heterocycles. The lowest BCUT2D eigenvalue weighted by molar-refractivity contribution is -0.118. The van der Waals surface area contributed by atoms with E-state index < -0.39 is 29.6 Å². The van der Waals surface area contributed by atoms with Crippen molar-refractivity contribution in [1.82, 2.24) is 15.5 Å². The summed E-state index contributed by atoms with van der Waals surface area (Å²) in [5.41, 5.74) is -0.494. The average molecular weight is 1090 g/mol. The summed E-state index contributed by atoms with van der Waals surface area (Å²) < 4.78 is 40.4. The summed E-state index contributed by atoms with van der Waals surface area (Å²) in [5, 5.41) is 25.2. The van der Waals surface area contributed by atoms with Crippen LogP contribution in [-0.2, 0) is 40.5 Å². The maximum Gasteiger partial charge on any atom is 0.246 e. The normalized spacial score (nSPS) is 12.4. The fraction of sp³-hybridized carbons (Fsp3) is 0.467. The van der Waals surface area contributed by atoms with Crippen LogP contribution in [0, 0.1) is 0 Å². The monoisotopic (exact) mass is 1080 g/mol. The van der Waals surface area contributed by atoms with E-state index in [1.54, 1.807) is 77.9 Å². The van der Waals surface area contributed by atoms with E-state index in [1.165, 1.54) is 19.9 Å². The predicted octanol–water partition coefficient (Wildman–Crippen LogP) is 12.9. The van der Waals surface area contributed by atoms with Gasteiger partial charge in [0.1, 0.15) is 21.5 Å². The van der Waals surface area contributed by atoms with E-state index in [1.807, 2.05) is 111 Å². The first-order chi connectivity index (χ1) is 30.1. The lowest BCUT2D eigenvalue weighted by atomic mass is 9.93. The third-order valence-electron chi connectivity index (χ3n) is 8.90. The zero-order chi connectivity index (χ0) is 50.1. The van der Waals surface area contributed by atoms with Crippen LogP contribution in [0.15, 0.2) is 96.9 Å². The number of hydrogen-bond acceptors (Lipinski definition) is 16. The second kappa shape index (κ2) is 22.6. The summed E-state index contributed by atoms with van der Waals surface area (Å²) in [7, 11) is -3.79. The third-order valence-corrected chi connectivity index (χ3v) is 16.4. The smallest absolute Gasteiger partial charge is 0.246 e. The standard InChI is InChI=1S/C15H20N2O4S2.C15H20N2O2S2.C11H17BrN2O2.C4H4S2/c1-14(2,3)10-9-11(17-21-10)16-13(18)15(4,5)23(19,20)12-7-6-8-22-12;1-14(2,3)10-9-11(17-19-10)16-13(18)15(4,5)21-12-7-6-8-20-12;1-10(2,3)7-6-8(14-16-7)13-9(15)11(4,5)12;5-4-2-1-3-6-4/h6-9H,1-5H3,(H,16,17,18);6-9H,1-5H3,(H,16,17,18);6H,1-5H3,(H,13,14,15);1-3,5H. The van der Waals surface area contributed by atoms with Gasteiger partial charge in [-0.1, -0.05) is 124 Å². The van der Waals surface area contributed by atoms with Crippen LogP contribution in [0.3, 0.4) is 0 Å². The second-order valence-electron chi connectivity index (χ2n) is 19.3. The number of anilines is 3. The van der Waals surface area contributed by atoms with Gasteiger partial charge in [-0.05, 0) is 75.9 Å². The van der Waals surface area contributed by atoms with Crippen molar-refractivity contribution in [2.75, 3.05) is 16.0 Å². The maximum absolute atomic E-state index is 12.6. The van der Waals surface area contributed by atoms with Gasteiger partial charge >= 0.3 is 0 Å². The number of sulfone groups is 1. The molecule has 6 aromatic rings. The molecule has 0 saturated heterocycles. The van der Waals surface area contributed by atoms with Gasteiger partial charge in [0.2, 0.25) is 27.6 Å². The van der Waals surface area contributed by atoms with Crippen molar-refractivity contribution >= 4 is 119 Å². The maximum atomic E-state index is 12.6. The first-order valence-electron chi connectivity index (χ1n) is 20.4. The fourth-order valence-corrected chi connectivity index (χ4v) is 10.4. The molecule has 362 valence electrons. The largest absolute Gasteiger partial charge is 0.359 e. The Balaban J connectivity index is 0.000000249. The first kappa shape index (κ1) is 56.6. The van der Waals surface area contributed by atoms with E-state index in [-0.39, 0.29) is 38.1 Å². The Hall–Kier alpha value is -3.73. The molecule has 0 aromatic carbocycles. The highest BCUT2D eigenvalue weighted by Gasteiger charge is 2.44. The van der Waals surface area contributed by atoms with Crippen LogP contribution in [0.1, 0.15) is 121 Å². The van der Waals surface area contributed by atoms with Gasteiger partial charge in [-0.25, -0.2) is 8.42 Å². The van der Waals surface area contributed by atoms with Crippen molar-refractivity contribution in [3.8, 4) is 0 Å².